The average molecular weight is 442 g/mol. The Bertz CT molecular complexity index is 1090. The summed E-state index contributed by atoms with van der Waals surface area (Å²) in [5, 5.41) is 3.06. The number of para-hydroxylation sites is 1. The number of carbonyl (C=O) groups excluding carboxylic acids is 1. The summed E-state index contributed by atoms with van der Waals surface area (Å²) in [5.41, 5.74) is 4.92. The van der Waals surface area contributed by atoms with E-state index in [4.69, 9.17) is 0 Å². The smallest absolute Gasteiger partial charge is 0.326 e. The standard InChI is InChI=1S/C22H24BrN3O2/c1-13-6-9-16(12-14(13)2)24-21(27)15-7-10-17(11-8-15)26-19-5-3-4-18(23)20(19)25-22(26)28/h3-6,9,12,15,17H,7-8,10-11H2,1-2H3,(H,24,27)(H,25,28). The summed E-state index contributed by atoms with van der Waals surface area (Å²) >= 11 is 3.50. The first-order valence-electron chi connectivity index (χ1n) is 9.71. The largest absolute Gasteiger partial charge is 0.326 e. The number of aromatic amines is 1. The van der Waals surface area contributed by atoms with Crippen LogP contribution in [0.4, 0.5) is 5.69 Å². The van der Waals surface area contributed by atoms with Crippen LogP contribution in [-0.4, -0.2) is 15.5 Å². The Balaban J connectivity index is 1.45. The van der Waals surface area contributed by atoms with E-state index in [1.54, 1.807) is 0 Å². The summed E-state index contributed by atoms with van der Waals surface area (Å²) in [6, 6.07) is 12.0. The second-order valence-corrected chi connectivity index (χ2v) is 8.58. The number of H-pyrrole nitrogens is 1. The first kappa shape index (κ1) is 19.0. The molecule has 1 amide bonds. The molecule has 1 saturated carbocycles. The van der Waals surface area contributed by atoms with Gasteiger partial charge in [0.2, 0.25) is 5.91 Å². The van der Waals surface area contributed by atoms with Gasteiger partial charge in [-0.25, -0.2) is 4.79 Å². The van der Waals surface area contributed by atoms with E-state index in [1.807, 2.05) is 47.9 Å². The molecule has 3 aromatic rings. The van der Waals surface area contributed by atoms with Gasteiger partial charge >= 0.3 is 5.69 Å². The zero-order chi connectivity index (χ0) is 19.8. The number of aromatic nitrogens is 2. The van der Waals surface area contributed by atoms with Gasteiger partial charge in [0.05, 0.1) is 11.0 Å². The van der Waals surface area contributed by atoms with Gasteiger partial charge in [-0.1, -0.05) is 12.1 Å². The van der Waals surface area contributed by atoms with Crippen molar-refractivity contribution >= 4 is 38.6 Å². The second-order valence-electron chi connectivity index (χ2n) is 7.73. The van der Waals surface area contributed by atoms with Gasteiger partial charge in [0.15, 0.2) is 0 Å². The number of halogens is 1. The fraction of sp³-hybridized carbons (Fsp3) is 0.364. The van der Waals surface area contributed by atoms with Crippen molar-refractivity contribution in [2.24, 2.45) is 5.92 Å². The molecular formula is C22H24BrN3O2. The summed E-state index contributed by atoms with van der Waals surface area (Å²) in [6.45, 7) is 4.11. The van der Waals surface area contributed by atoms with Crippen LogP contribution in [-0.2, 0) is 4.79 Å². The first-order chi connectivity index (χ1) is 13.4. The molecular weight excluding hydrogens is 418 g/mol. The van der Waals surface area contributed by atoms with E-state index in [9.17, 15) is 9.59 Å². The number of anilines is 1. The van der Waals surface area contributed by atoms with Crippen molar-refractivity contribution in [2.45, 2.75) is 45.6 Å². The summed E-state index contributed by atoms with van der Waals surface area (Å²) in [7, 11) is 0. The quantitative estimate of drug-likeness (QED) is 0.594. The topological polar surface area (TPSA) is 66.9 Å². The summed E-state index contributed by atoms with van der Waals surface area (Å²) in [5.74, 6) is 0.0706. The van der Waals surface area contributed by atoms with Gasteiger partial charge in [0.1, 0.15) is 0 Å². The molecule has 6 heteroatoms. The first-order valence-corrected chi connectivity index (χ1v) is 10.5. The van der Waals surface area contributed by atoms with Crippen LogP contribution >= 0.6 is 15.9 Å². The minimum Gasteiger partial charge on any atom is -0.326 e. The summed E-state index contributed by atoms with van der Waals surface area (Å²) in [6.07, 6.45) is 3.22. The molecule has 2 N–H and O–H groups in total. The molecule has 0 unspecified atom stereocenters. The third kappa shape index (κ3) is 3.53. The maximum absolute atomic E-state index is 12.7. The summed E-state index contributed by atoms with van der Waals surface area (Å²) in [4.78, 5) is 28.2. The molecule has 0 spiro atoms. The molecule has 1 fully saturated rings. The predicted molar refractivity (Wildman–Crippen MR) is 116 cm³/mol. The zero-order valence-electron chi connectivity index (χ0n) is 16.1. The Hall–Kier alpha value is -2.34. The Morgan fingerprint density at radius 1 is 1.11 bits per heavy atom. The molecule has 5 nitrogen and oxygen atoms in total. The van der Waals surface area contributed by atoms with Crippen LogP contribution in [0.5, 0.6) is 0 Å². The van der Waals surface area contributed by atoms with Crippen LogP contribution in [0.25, 0.3) is 11.0 Å². The number of nitrogens with one attached hydrogen (secondary N) is 2. The fourth-order valence-electron chi connectivity index (χ4n) is 4.14. The molecule has 1 aromatic heterocycles. The van der Waals surface area contributed by atoms with E-state index >= 15 is 0 Å². The van der Waals surface area contributed by atoms with Crippen LogP contribution in [0.15, 0.2) is 45.7 Å². The lowest BCUT2D eigenvalue weighted by molar-refractivity contribution is -0.121. The third-order valence-corrected chi connectivity index (χ3v) is 6.57. The van der Waals surface area contributed by atoms with Crippen molar-refractivity contribution in [2.75, 3.05) is 5.32 Å². The number of hydrogen-bond donors (Lipinski definition) is 2. The van der Waals surface area contributed by atoms with E-state index < -0.39 is 0 Å². The lowest BCUT2D eigenvalue weighted by atomic mass is 9.85. The number of hydrogen-bond acceptors (Lipinski definition) is 2. The number of amides is 1. The van der Waals surface area contributed by atoms with Crippen molar-refractivity contribution in [1.29, 1.82) is 0 Å². The molecule has 1 heterocycles. The zero-order valence-corrected chi connectivity index (χ0v) is 17.7. The molecule has 146 valence electrons. The molecule has 0 saturated heterocycles. The highest BCUT2D eigenvalue weighted by molar-refractivity contribution is 9.10. The lowest BCUT2D eigenvalue weighted by Crippen LogP contribution is -2.31. The van der Waals surface area contributed by atoms with Crippen molar-refractivity contribution in [3.05, 3.63) is 62.5 Å². The van der Waals surface area contributed by atoms with Crippen LogP contribution in [0, 0.1) is 19.8 Å². The number of rotatable bonds is 3. The number of aryl methyl sites for hydroxylation is 2. The highest BCUT2D eigenvalue weighted by Gasteiger charge is 2.29. The van der Waals surface area contributed by atoms with Gasteiger partial charge in [0.25, 0.3) is 0 Å². The van der Waals surface area contributed by atoms with Crippen LogP contribution in [0.3, 0.4) is 0 Å². The number of benzene rings is 2. The van der Waals surface area contributed by atoms with Crippen LogP contribution in [0.1, 0.15) is 42.9 Å². The Morgan fingerprint density at radius 3 is 2.57 bits per heavy atom. The van der Waals surface area contributed by atoms with E-state index in [-0.39, 0.29) is 23.6 Å². The van der Waals surface area contributed by atoms with E-state index in [0.717, 1.165) is 46.9 Å². The lowest BCUT2D eigenvalue weighted by Gasteiger charge is -2.28. The van der Waals surface area contributed by atoms with E-state index in [0.29, 0.717) is 0 Å². The maximum Gasteiger partial charge on any atom is 0.326 e. The van der Waals surface area contributed by atoms with E-state index in [1.165, 1.54) is 11.1 Å². The fourth-order valence-corrected chi connectivity index (χ4v) is 4.59. The molecule has 28 heavy (non-hydrogen) atoms. The van der Waals surface area contributed by atoms with Crippen molar-refractivity contribution < 1.29 is 4.79 Å². The van der Waals surface area contributed by atoms with Crippen molar-refractivity contribution in [1.82, 2.24) is 9.55 Å². The Kier molecular flexibility index (Phi) is 5.15. The highest BCUT2D eigenvalue weighted by Crippen LogP contribution is 2.34. The van der Waals surface area contributed by atoms with Crippen molar-refractivity contribution in [3.63, 3.8) is 0 Å². The molecule has 1 aliphatic carbocycles. The van der Waals surface area contributed by atoms with Crippen molar-refractivity contribution in [3.8, 4) is 0 Å². The molecule has 0 aliphatic heterocycles. The molecule has 0 atom stereocenters. The highest BCUT2D eigenvalue weighted by atomic mass is 79.9. The number of fused-ring (bicyclic) bond motifs is 1. The molecule has 4 rings (SSSR count). The van der Waals surface area contributed by atoms with Gasteiger partial charge in [-0.3, -0.25) is 9.36 Å². The number of carbonyl (C=O) groups is 1. The minimum absolute atomic E-state index is 0.00879. The molecule has 0 bridgehead atoms. The van der Waals surface area contributed by atoms with Crippen LogP contribution < -0.4 is 11.0 Å². The average Bonchev–Trinajstić information content (AvgIpc) is 3.02. The normalized spacial score (nSPS) is 19.7. The summed E-state index contributed by atoms with van der Waals surface area (Å²) < 4.78 is 2.75. The van der Waals surface area contributed by atoms with Crippen LogP contribution in [0.2, 0.25) is 0 Å². The van der Waals surface area contributed by atoms with Gasteiger partial charge in [-0.05, 0) is 90.9 Å². The SMILES string of the molecule is Cc1ccc(NC(=O)C2CCC(n3c(=O)[nH]c4c(Br)cccc43)CC2)cc1C. The monoisotopic (exact) mass is 441 g/mol. The third-order valence-electron chi connectivity index (χ3n) is 5.91. The van der Waals surface area contributed by atoms with Gasteiger partial charge < -0.3 is 10.3 Å². The second kappa shape index (κ2) is 7.59. The Labute approximate surface area is 172 Å². The molecule has 2 aromatic carbocycles. The van der Waals surface area contributed by atoms with Gasteiger partial charge in [0, 0.05) is 22.1 Å². The molecule has 1 aliphatic rings. The van der Waals surface area contributed by atoms with E-state index in [2.05, 4.69) is 33.2 Å². The Morgan fingerprint density at radius 2 is 1.86 bits per heavy atom. The predicted octanol–water partition coefficient (Wildman–Crippen LogP) is 5.08. The van der Waals surface area contributed by atoms with Gasteiger partial charge in [-0.15, -0.1) is 0 Å². The maximum atomic E-state index is 12.7. The van der Waals surface area contributed by atoms with Gasteiger partial charge in [-0.2, -0.15) is 0 Å². The number of nitrogens with zero attached hydrogens (tertiary/aromatic N) is 1. The number of imidazole rings is 1. The molecule has 0 radical (unpaired) electrons. The minimum atomic E-state index is -0.0788.